The Kier molecular flexibility index (Phi) is 3.85. The Balaban J connectivity index is 1.93. The molecule has 1 fully saturated rings. The van der Waals surface area contributed by atoms with Gasteiger partial charge in [-0.2, -0.15) is 5.10 Å². The Bertz CT molecular complexity index is 416. The predicted octanol–water partition coefficient (Wildman–Crippen LogP) is 1.80. The number of ketones is 1. The van der Waals surface area contributed by atoms with Gasteiger partial charge >= 0.3 is 0 Å². The number of nitrogens with zero attached hydrogens (tertiary/aromatic N) is 3. The van der Waals surface area contributed by atoms with E-state index >= 15 is 0 Å². The SMILES string of the molecule is Cn1nccc1CCC(=O)C(C)(C)N1CCCC1. The molecule has 2 heterocycles. The molecular weight excluding hydrogens is 226 g/mol. The molecule has 0 atom stereocenters. The molecule has 1 aromatic heterocycles. The lowest BCUT2D eigenvalue weighted by Crippen LogP contribution is -2.48. The van der Waals surface area contributed by atoms with Crippen LogP contribution in [0.2, 0.25) is 0 Å². The van der Waals surface area contributed by atoms with Crippen molar-refractivity contribution in [2.45, 2.75) is 45.1 Å². The lowest BCUT2D eigenvalue weighted by atomic mass is 9.93. The lowest BCUT2D eigenvalue weighted by molar-refractivity contribution is -0.128. The van der Waals surface area contributed by atoms with Gasteiger partial charge in [-0.1, -0.05) is 0 Å². The molecule has 0 saturated carbocycles. The molecule has 0 bridgehead atoms. The van der Waals surface area contributed by atoms with E-state index in [1.54, 1.807) is 6.20 Å². The maximum Gasteiger partial charge on any atom is 0.152 e. The molecule has 4 nitrogen and oxygen atoms in total. The largest absolute Gasteiger partial charge is 0.298 e. The molecule has 1 aromatic rings. The summed E-state index contributed by atoms with van der Waals surface area (Å²) in [6.45, 7) is 6.24. The van der Waals surface area contributed by atoms with E-state index < -0.39 is 0 Å². The molecule has 0 amide bonds. The topological polar surface area (TPSA) is 38.1 Å². The number of aryl methyl sites for hydroxylation is 2. The minimum absolute atomic E-state index is 0.310. The highest BCUT2D eigenvalue weighted by Crippen LogP contribution is 2.23. The minimum atomic E-state index is -0.310. The third-order valence-electron chi connectivity index (χ3n) is 4.11. The molecule has 0 radical (unpaired) electrons. The Morgan fingerprint density at radius 2 is 2.06 bits per heavy atom. The predicted molar refractivity (Wildman–Crippen MR) is 71.4 cm³/mol. The highest BCUT2D eigenvalue weighted by molar-refractivity contribution is 5.87. The first kappa shape index (κ1) is 13.3. The highest BCUT2D eigenvalue weighted by atomic mass is 16.1. The van der Waals surface area contributed by atoms with Gasteiger partial charge in [-0.25, -0.2) is 0 Å². The third-order valence-corrected chi connectivity index (χ3v) is 4.11. The van der Waals surface area contributed by atoms with E-state index in [1.165, 1.54) is 12.8 Å². The zero-order valence-corrected chi connectivity index (χ0v) is 11.6. The maximum absolute atomic E-state index is 12.4. The van der Waals surface area contributed by atoms with Crippen LogP contribution in [0, 0.1) is 0 Å². The Labute approximate surface area is 109 Å². The van der Waals surface area contributed by atoms with Crippen LogP contribution in [0.1, 0.15) is 38.8 Å². The summed E-state index contributed by atoms with van der Waals surface area (Å²) in [5.74, 6) is 0.339. The number of Topliss-reactive ketones (excluding diaryl/α,β-unsaturated/α-hetero) is 1. The molecule has 4 heteroatoms. The van der Waals surface area contributed by atoms with Crippen LogP contribution in [0.15, 0.2) is 12.3 Å². The summed E-state index contributed by atoms with van der Waals surface area (Å²) < 4.78 is 1.84. The molecule has 0 unspecified atom stereocenters. The fourth-order valence-corrected chi connectivity index (χ4v) is 2.65. The zero-order valence-electron chi connectivity index (χ0n) is 11.6. The van der Waals surface area contributed by atoms with Crippen LogP contribution < -0.4 is 0 Å². The van der Waals surface area contributed by atoms with Gasteiger partial charge in [-0.05, 0) is 52.3 Å². The molecule has 0 aliphatic carbocycles. The van der Waals surface area contributed by atoms with E-state index in [0.29, 0.717) is 12.2 Å². The summed E-state index contributed by atoms with van der Waals surface area (Å²) in [7, 11) is 1.92. The van der Waals surface area contributed by atoms with Gasteiger partial charge in [0.05, 0.1) is 5.54 Å². The second-order valence-electron chi connectivity index (χ2n) is 5.62. The van der Waals surface area contributed by atoms with Gasteiger partial charge in [0, 0.05) is 25.4 Å². The standard InChI is InChI=1S/C14H23N3O/c1-14(2,17-10-4-5-11-17)13(18)7-6-12-8-9-15-16(12)3/h8-9H,4-7,10-11H2,1-3H3. The first-order chi connectivity index (χ1) is 8.51. The van der Waals surface area contributed by atoms with Crippen LogP contribution in [0.25, 0.3) is 0 Å². The van der Waals surface area contributed by atoms with Crippen LogP contribution in [-0.2, 0) is 18.3 Å². The second-order valence-corrected chi connectivity index (χ2v) is 5.62. The fourth-order valence-electron chi connectivity index (χ4n) is 2.65. The van der Waals surface area contributed by atoms with Gasteiger partial charge < -0.3 is 0 Å². The van der Waals surface area contributed by atoms with Gasteiger partial charge in [0.1, 0.15) is 0 Å². The van der Waals surface area contributed by atoms with Gasteiger partial charge in [0.15, 0.2) is 5.78 Å². The van der Waals surface area contributed by atoms with Crippen LogP contribution in [0.3, 0.4) is 0 Å². The van der Waals surface area contributed by atoms with Gasteiger partial charge in [-0.3, -0.25) is 14.4 Å². The third kappa shape index (κ3) is 2.64. The van der Waals surface area contributed by atoms with E-state index in [2.05, 4.69) is 23.8 Å². The van der Waals surface area contributed by atoms with Crippen molar-refractivity contribution < 1.29 is 4.79 Å². The molecule has 18 heavy (non-hydrogen) atoms. The van der Waals surface area contributed by atoms with Crippen LogP contribution >= 0.6 is 0 Å². The average Bonchev–Trinajstić information content (AvgIpc) is 2.97. The zero-order chi connectivity index (χ0) is 13.2. The van der Waals surface area contributed by atoms with Crippen LogP contribution in [0.5, 0.6) is 0 Å². The van der Waals surface area contributed by atoms with Crippen molar-refractivity contribution in [1.82, 2.24) is 14.7 Å². The van der Waals surface area contributed by atoms with Gasteiger partial charge in [-0.15, -0.1) is 0 Å². The van der Waals surface area contributed by atoms with Crippen molar-refractivity contribution in [3.63, 3.8) is 0 Å². The summed E-state index contributed by atoms with van der Waals surface area (Å²) in [4.78, 5) is 14.7. The van der Waals surface area contributed by atoms with E-state index in [9.17, 15) is 4.79 Å². The van der Waals surface area contributed by atoms with E-state index in [1.807, 2.05) is 17.8 Å². The second kappa shape index (κ2) is 5.22. The summed E-state index contributed by atoms with van der Waals surface area (Å²) >= 11 is 0. The van der Waals surface area contributed by atoms with Crippen molar-refractivity contribution in [2.24, 2.45) is 7.05 Å². The van der Waals surface area contributed by atoms with Gasteiger partial charge in [0.2, 0.25) is 0 Å². The number of aromatic nitrogens is 2. The number of likely N-dealkylation sites (tertiary alicyclic amines) is 1. The van der Waals surface area contributed by atoms with E-state index in [-0.39, 0.29) is 5.54 Å². The lowest BCUT2D eigenvalue weighted by Gasteiger charge is -2.33. The average molecular weight is 249 g/mol. The Hall–Kier alpha value is -1.16. The number of hydrogen-bond acceptors (Lipinski definition) is 3. The van der Waals surface area contributed by atoms with Crippen molar-refractivity contribution in [3.8, 4) is 0 Å². The molecule has 0 aromatic carbocycles. The first-order valence-electron chi connectivity index (χ1n) is 6.77. The quantitative estimate of drug-likeness (QED) is 0.798. The molecule has 2 rings (SSSR count). The smallest absolute Gasteiger partial charge is 0.152 e. The molecule has 0 N–H and O–H groups in total. The minimum Gasteiger partial charge on any atom is -0.298 e. The maximum atomic E-state index is 12.4. The molecule has 1 aliphatic heterocycles. The molecular formula is C14H23N3O. The molecule has 1 aliphatic rings. The summed E-state index contributed by atoms with van der Waals surface area (Å²) in [6, 6.07) is 1.98. The van der Waals surface area contributed by atoms with Crippen molar-refractivity contribution in [3.05, 3.63) is 18.0 Å². The molecule has 0 spiro atoms. The molecule has 1 saturated heterocycles. The monoisotopic (exact) mass is 249 g/mol. The van der Waals surface area contributed by atoms with E-state index in [0.717, 1.165) is 25.2 Å². The van der Waals surface area contributed by atoms with Crippen molar-refractivity contribution in [1.29, 1.82) is 0 Å². The Morgan fingerprint density at radius 3 is 2.61 bits per heavy atom. The Morgan fingerprint density at radius 1 is 1.39 bits per heavy atom. The van der Waals surface area contributed by atoms with Crippen molar-refractivity contribution >= 4 is 5.78 Å². The summed E-state index contributed by atoms with van der Waals surface area (Å²) in [5, 5.41) is 4.13. The normalized spacial score (nSPS) is 17.3. The molecule has 100 valence electrons. The van der Waals surface area contributed by atoms with Gasteiger partial charge in [0.25, 0.3) is 0 Å². The fraction of sp³-hybridized carbons (Fsp3) is 0.714. The number of carbonyl (C=O) groups excluding carboxylic acids is 1. The van der Waals surface area contributed by atoms with Crippen molar-refractivity contribution in [2.75, 3.05) is 13.1 Å². The number of carbonyl (C=O) groups is 1. The first-order valence-corrected chi connectivity index (χ1v) is 6.77. The summed E-state index contributed by atoms with van der Waals surface area (Å²) in [6.07, 6.45) is 5.61. The van der Waals surface area contributed by atoms with Crippen LogP contribution in [-0.4, -0.2) is 39.1 Å². The van der Waals surface area contributed by atoms with Crippen LogP contribution in [0.4, 0.5) is 0 Å². The van der Waals surface area contributed by atoms with E-state index in [4.69, 9.17) is 0 Å². The highest BCUT2D eigenvalue weighted by Gasteiger charge is 2.35. The summed E-state index contributed by atoms with van der Waals surface area (Å²) in [5.41, 5.74) is 0.815. The number of rotatable bonds is 5. The number of hydrogen-bond donors (Lipinski definition) is 0.